The molecule has 1 saturated heterocycles. The summed E-state index contributed by atoms with van der Waals surface area (Å²) < 4.78 is 53.9. The number of nitrogens with zero attached hydrogens (tertiary/aromatic N) is 1. The zero-order chi connectivity index (χ0) is 23.8. The van der Waals surface area contributed by atoms with Gasteiger partial charge in [-0.2, -0.15) is 0 Å². The molecule has 33 heavy (non-hydrogen) atoms. The first-order chi connectivity index (χ1) is 15.9. The molecule has 0 saturated carbocycles. The Kier molecular flexibility index (Phi) is 8.86. The van der Waals surface area contributed by atoms with Crippen molar-refractivity contribution in [1.29, 1.82) is 0 Å². The van der Waals surface area contributed by atoms with Crippen molar-refractivity contribution in [3.8, 4) is 11.3 Å². The highest BCUT2D eigenvalue weighted by Gasteiger charge is 2.39. The Morgan fingerprint density at radius 1 is 1.00 bits per heavy atom. The molecule has 0 amide bonds. The number of ether oxygens (including phenoxy) is 2. The molecule has 0 unspecified atom stereocenters. The Morgan fingerprint density at radius 3 is 2.18 bits per heavy atom. The lowest BCUT2D eigenvalue weighted by Gasteiger charge is -2.36. The third-order valence-electron chi connectivity index (χ3n) is 5.78. The van der Waals surface area contributed by atoms with Crippen LogP contribution in [0.2, 0.25) is 0 Å². The van der Waals surface area contributed by atoms with Gasteiger partial charge in [0.05, 0.1) is 25.4 Å². The second-order valence-corrected chi connectivity index (χ2v) is 8.48. The third-order valence-corrected chi connectivity index (χ3v) is 5.78. The smallest absolute Gasteiger partial charge is 0.356 e. The van der Waals surface area contributed by atoms with Crippen LogP contribution in [0.25, 0.3) is 11.3 Å². The normalized spacial score (nSPS) is 14.7. The van der Waals surface area contributed by atoms with E-state index in [0.717, 1.165) is 43.5 Å². The van der Waals surface area contributed by atoms with E-state index in [1.807, 2.05) is 0 Å². The van der Waals surface area contributed by atoms with E-state index in [1.54, 1.807) is 0 Å². The fraction of sp³-hybridized carbons (Fsp3) is 0.520. The maximum Gasteiger partial charge on any atom is 0.356 e. The first kappa shape index (κ1) is 25.2. The molecule has 0 aliphatic carbocycles. The fourth-order valence-electron chi connectivity index (χ4n) is 3.74. The number of rotatable bonds is 12. The number of aromatic nitrogens is 1. The molecule has 8 heteroatoms. The Labute approximate surface area is 191 Å². The van der Waals surface area contributed by atoms with Crippen molar-refractivity contribution in [3.05, 3.63) is 53.0 Å². The molecule has 1 aliphatic rings. The molecule has 1 fully saturated rings. The van der Waals surface area contributed by atoms with E-state index in [0.29, 0.717) is 6.42 Å². The first-order valence-corrected chi connectivity index (χ1v) is 11.5. The zero-order valence-corrected chi connectivity index (χ0v) is 18.8. The quantitative estimate of drug-likeness (QED) is 0.323. The van der Waals surface area contributed by atoms with E-state index in [4.69, 9.17) is 9.47 Å². The van der Waals surface area contributed by atoms with Crippen LogP contribution in [-0.2, 0) is 15.1 Å². The van der Waals surface area contributed by atoms with Gasteiger partial charge in [-0.05, 0) is 36.2 Å². The predicted molar refractivity (Wildman–Crippen MR) is 117 cm³/mol. The summed E-state index contributed by atoms with van der Waals surface area (Å²) in [6.45, 7) is 2.20. The maximum atomic E-state index is 14.7. The average Bonchev–Trinajstić information content (AvgIpc) is 2.76. The molecule has 1 aliphatic heterocycles. The van der Waals surface area contributed by atoms with Crippen LogP contribution >= 0.6 is 0 Å². The molecule has 1 aromatic heterocycles. The van der Waals surface area contributed by atoms with Gasteiger partial charge >= 0.3 is 5.97 Å². The summed E-state index contributed by atoms with van der Waals surface area (Å²) in [5.74, 6) is -3.95. The second-order valence-electron chi connectivity index (χ2n) is 8.48. The third kappa shape index (κ3) is 6.32. The summed E-state index contributed by atoms with van der Waals surface area (Å²) >= 11 is 0. The summed E-state index contributed by atoms with van der Waals surface area (Å²) in [5.41, 5.74) is -3.06. The zero-order valence-electron chi connectivity index (χ0n) is 18.8. The van der Waals surface area contributed by atoms with Crippen LogP contribution in [0, 0.1) is 17.5 Å². The fourth-order valence-corrected chi connectivity index (χ4v) is 3.74. The van der Waals surface area contributed by atoms with E-state index >= 15 is 0 Å². The van der Waals surface area contributed by atoms with E-state index in [-0.39, 0.29) is 31.1 Å². The number of halogens is 3. The Balaban J connectivity index is 1.61. The number of pyridine rings is 1. The van der Waals surface area contributed by atoms with Gasteiger partial charge in [-0.15, -0.1) is 0 Å². The van der Waals surface area contributed by atoms with Crippen molar-refractivity contribution >= 4 is 5.97 Å². The van der Waals surface area contributed by atoms with Gasteiger partial charge in [0.1, 0.15) is 34.4 Å². The highest BCUT2D eigenvalue weighted by atomic mass is 19.1. The molecular formula is C25H30F3NO4. The van der Waals surface area contributed by atoms with Crippen LogP contribution in [0.1, 0.15) is 74.3 Å². The summed E-state index contributed by atoms with van der Waals surface area (Å²) in [6, 6.07) is 3.90. The monoisotopic (exact) mass is 465 g/mol. The van der Waals surface area contributed by atoms with Crippen LogP contribution in [0.15, 0.2) is 24.3 Å². The van der Waals surface area contributed by atoms with Crippen molar-refractivity contribution in [2.24, 2.45) is 0 Å². The second kappa shape index (κ2) is 11.6. The minimum absolute atomic E-state index is 0.00571. The van der Waals surface area contributed by atoms with E-state index in [1.165, 1.54) is 25.7 Å². The summed E-state index contributed by atoms with van der Waals surface area (Å²) in [6.07, 6.45) is 8.75. The van der Waals surface area contributed by atoms with Crippen molar-refractivity contribution in [2.45, 2.75) is 63.9 Å². The summed E-state index contributed by atoms with van der Waals surface area (Å²) in [7, 11) is 0. The van der Waals surface area contributed by atoms with Gasteiger partial charge in [0.15, 0.2) is 0 Å². The van der Waals surface area contributed by atoms with Gasteiger partial charge in [0, 0.05) is 0 Å². The molecule has 0 bridgehead atoms. The van der Waals surface area contributed by atoms with Crippen LogP contribution in [0.3, 0.4) is 0 Å². The molecular weight excluding hydrogens is 435 g/mol. The number of unbranched alkanes of at least 4 members (excludes halogenated alkanes) is 7. The van der Waals surface area contributed by atoms with Crippen molar-refractivity contribution in [3.63, 3.8) is 0 Å². The molecule has 0 spiro atoms. The molecule has 2 heterocycles. The van der Waals surface area contributed by atoms with E-state index < -0.39 is 40.3 Å². The maximum absolute atomic E-state index is 14.7. The number of carbonyl (C=O) groups excluding carboxylic acids is 1. The SMILES string of the molecule is CCCCCCCCCCOC(=O)c1ccc(F)c(-c2c(F)cc(C3(O)COC3)cc2F)n1. The van der Waals surface area contributed by atoms with E-state index in [9.17, 15) is 23.1 Å². The molecule has 1 N–H and O–H groups in total. The lowest BCUT2D eigenvalue weighted by Crippen LogP contribution is -2.46. The van der Waals surface area contributed by atoms with Gasteiger partial charge in [-0.25, -0.2) is 22.9 Å². The number of hydrogen-bond donors (Lipinski definition) is 1. The van der Waals surface area contributed by atoms with Crippen LogP contribution in [0.4, 0.5) is 13.2 Å². The van der Waals surface area contributed by atoms with Gasteiger partial charge in [0.2, 0.25) is 0 Å². The number of aliphatic hydroxyl groups is 1. The Hall–Kier alpha value is -2.45. The molecule has 3 rings (SSSR count). The lowest BCUT2D eigenvalue weighted by atomic mass is 9.90. The van der Waals surface area contributed by atoms with Crippen molar-refractivity contribution < 1.29 is 32.5 Å². The Morgan fingerprint density at radius 2 is 1.61 bits per heavy atom. The summed E-state index contributed by atoms with van der Waals surface area (Å²) in [5, 5.41) is 10.2. The first-order valence-electron chi connectivity index (χ1n) is 11.5. The standard InChI is InChI=1S/C25H30F3NO4/c1-2-3-4-5-6-7-8-9-12-33-24(30)21-11-10-18(26)23(29-21)22-19(27)13-17(14-20(22)28)25(31)15-32-16-25/h10-11,13-14,31H,2-9,12,15-16H2,1H3. The molecule has 0 atom stereocenters. The average molecular weight is 466 g/mol. The van der Waals surface area contributed by atoms with E-state index in [2.05, 4.69) is 11.9 Å². The van der Waals surface area contributed by atoms with Crippen molar-refractivity contribution in [2.75, 3.05) is 19.8 Å². The van der Waals surface area contributed by atoms with Gasteiger partial charge in [-0.1, -0.05) is 51.9 Å². The van der Waals surface area contributed by atoms with Gasteiger partial charge in [0.25, 0.3) is 0 Å². The summed E-state index contributed by atoms with van der Waals surface area (Å²) in [4.78, 5) is 16.1. The van der Waals surface area contributed by atoms with Gasteiger partial charge < -0.3 is 14.6 Å². The number of carbonyl (C=O) groups is 1. The van der Waals surface area contributed by atoms with Crippen LogP contribution in [0.5, 0.6) is 0 Å². The minimum atomic E-state index is -1.48. The highest BCUT2D eigenvalue weighted by molar-refractivity contribution is 5.88. The molecule has 1 aromatic carbocycles. The molecule has 0 radical (unpaired) electrons. The predicted octanol–water partition coefficient (Wildman–Crippen LogP) is 5.68. The number of hydrogen-bond acceptors (Lipinski definition) is 5. The lowest BCUT2D eigenvalue weighted by molar-refractivity contribution is -0.184. The largest absolute Gasteiger partial charge is 0.461 e. The highest BCUT2D eigenvalue weighted by Crippen LogP contribution is 2.35. The molecule has 180 valence electrons. The van der Waals surface area contributed by atoms with Gasteiger partial charge in [-0.3, -0.25) is 0 Å². The number of benzene rings is 1. The topological polar surface area (TPSA) is 68.7 Å². The van der Waals surface area contributed by atoms with Crippen LogP contribution < -0.4 is 0 Å². The molecule has 2 aromatic rings. The van der Waals surface area contributed by atoms with Crippen molar-refractivity contribution in [1.82, 2.24) is 4.98 Å². The Bertz CT molecular complexity index is 940. The molecule has 5 nitrogen and oxygen atoms in total. The van der Waals surface area contributed by atoms with Crippen LogP contribution in [-0.4, -0.2) is 35.9 Å². The number of esters is 1. The minimum Gasteiger partial charge on any atom is -0.461 e.